The second-order valence-electron chi connectivity index (χ2n) is 4.66. The van der Waals surface area contributed by atoms with Crippen LogP contribution < -0.4 is 5.32 Å². The summed E-state index contributed by atoms with van der Waals surface area (Å²) in [4.78, 5) is 13.1. The highest BCUT2D eigenvalue weighted by atomic mass is 32.2. The Hall–Kier alpha value is -0.960. The minimum Gasteiger partial charge on any atom is -0.355 e. The van der Waals surface area contributed by atoms with Crippen molar-refractivity contribution in [3.8, 4) is 0 Å². The molecule has 1 unspecified atom stereocenters. The Balaban J connectivity index is 2.13. The number of nitrogens with one attached hydrogen (secondary N) is 1. The van der Waals surface area contributed by atoms with Crippen molar-refractivity contribution in [2.24, 2.45) is 0 Å². The van der Waals surface area contributed by atoms with Crippen LogP contribution >= 0.6 is 11.8 Å². The lowest BCUT2D eigenvalue weighted by Crippen LogP contribution is -2.30. The molecule has 1 N–H and O–H groups in total. The average Bonchev–Trinajstić information content (AvgIpc) is 2.50. The van der Waals surface area contributed by atoms with Crippen molar-refractivity contribution in [2.75, 3.05) is 6.54 Å². The van der Waals surface area contributed by atoms with Crippen LogP contribution in [0.15, 0.2) is 23.1 Å². The standard InChI is InChI=1S/C14H19NOS/c1-10-6-7-11(2)13(9-10)17-12-5-3-4-8-15-14(12)16/h6-7,9,12H,3-5,8H2,1-2H3,(H,15,16). The Labute approximate surface area is 107 Å². The molecule has 1 aromatic carbocycles. The highest BCUT2D eigenvalue weighted by Gasteiger charge is 2.22. The molecule has 1 heterocycles. The zero-order valence-electron chi connectivity index (χ0n) is 10.5. The van der Waals surface area contributed by atoms with Gasteiger partial charge in [0.2, 0.25) is 5.91 Å². The van der Waals surface area contributed by atoms with Crippen molar-refractivity contribution in [3.63, 3.8) is 0 Å². The first kappa shape index (κ1) is 12.5. The molecule has 1 atom stereocenters. The molecule has 0 radical (unpaired) electrons. The monoisotopic (exact) mass is 249 g/mol. The van der Waals surface area contributed by atoms with Crippen LogP contribution in [0.25, 0.3) is 0 Å². The van der Waals surface area contributed by atoms with Crippen LogP contribution in [0.5, 0.6) is 0 Å². The van der Waals surface area contributed by atoms with Gasteiger partial charge in [0, 0.05) is 11.4 Å². The molecule has 1 aliphatic heterocycles. The smallest absolute Gasteiger partial charge is 0.233 e. The van der Waals surface area contributed by atoms with E-state index >= 15 is 0 Å². The summed E-state index contributed by atoms with van der Waals surface area (Å²) >= 11 is 1.71. The molecule has 1 fully saturated rings. The van der Waals surface area contributed by atoms with Gasteiger partial charge in [-0.15, -0.1) is 11.8 Å². The van der Waals surface area contributed by atoms with E-state index in [4.69, 9.17) is 0 Å². The molecular weight excluding hydrogens is 230 g/mol. The SMILES string of the molecule is Cc1ccc(C)c(SC2CCCCNC2=O)c1. The van der Waals surface area contributed by atoms with Gasteiger partial charge in [0.15, 0.2) is 0 Å². The number of hydrogen-bond donors (Lipinski definition) is 1. The molecule has 1 aromatic rings. The molecule has 0 aromatic heterocycles. The molecule has 17 heavy (non-hydrogen) atoms. The lowest BCUT2D eigenvalue weighted by molar-refractivity contribution is -0.120. The Morgan fingerprint density at radius 3 is 2.94 bits per heavy atom. The fourth-order valence-corrected chi connectivity index (χ4v) is 3.30. The highest BCUT2D eigenvalue weighted by molar-refractivity contribution is 8.00. The number of benzene rings is 1. The van der Waals surface area contributed by atoms with E-state index in [1.54, 1.807) is 11.8 Å². The van der Waals surface area contributed by atoms with Crippen LogP contribution in [0.3, 0.4) is 0 Å². The number of carbonyl (C=O) groups excluding carboxylic acids is 1. The number of amides is 1. The average molecular weight is 249 g/mol. The van der Waals surface area contributed by atoms with Crippen LogP contribution in [0.1, 0.15) is 30.4 Å². The van der Waals surface area contributed by atoms with Crippen molar-refractivity contribution in [3.05, 3.63) is 29.3 Å². The zero-order chi connectivity index (χ0) is 12.3. The first-order valence-electron chi connectivity index (χ1n) is 6.18. The van der Waals surface area contributed by atoms with Crippen molar-refractivity contribution in [1.82, 2.24) is 5.32 Å². The number of hydrogen-bond acceptors (Lipinski definition) is 2. The number of aryl methyl sites for hydroxylation is 2. The fraction of sp³-hybridized carbons (Fsp3) is 0.500. The summed E-state index contributed by atoms with van der Waals surface area (Å²) in [5.41, 5.74) is 2.52. The molecule has 0 saturated carbocycles. The van der Waals surface area contributed by atoms with Gasteiger partial charge in [0.05, 0.1) is 5.25 Å². The van der Waals surface area contributed by atoms with Gasteiger partial charge < -0.3 is 5.32 Å². The van der Waals surface area contributed by atoms with Gasteiger partial charge in [0.1, 0.15) is 0 Å². The van der Waals surface area contributed by atoms with E-state index in [2.05, 4.69) is 37.4 Å². The zero-order valence-corrected chi connectivity index (χ0v) is 11.3. The summed E-state index contributed by atoms with van der Waals surface area (Å²) in [6, 6.07) is 6.43. The first-order chi connectivity index (χ1) is 8.16. The second kappa shape index (κ2) is 5.58. The molecule has 92 valence electrons. The maximum atomic E-state index is 11.9. The molecule has 1 saturated heterocycles. The predicted molar refractivity (Wildman–Crippen MR) is 72.4 cm³/mol. The van der Waals surface area contributed by atoms with Gasteiger partial charge >= 0.3 is 0 Å². The maximum Gasteiger partial charge on any atom is 0.233 e. The first-order valence-corrected chi connectivity index (χ1v) is 7.06. The fourth-order valence-electron chi connectivity index (χ4n) is 2.01. The second-order valence-corrected chi connectivity index (χ2v) is 5.91. The van der Waals surface area contributed by atoms with E-state index in [1.807, 2.05) is 0 Å². The van der Waals surface area contributed by atoms with Crippen LogP contribution in [-0.2, 0) is 4.79 Å². The van der Waals surface area contributed by atoms with Gasteiger partial charge in [-0.25, -0.2) is 0 Å². The van der Waals surface area contributed by atoms with E-state index < -0.39 is 0 Å². The minimum atomic E-state index is 0.0815. The van der Waals surface area contributed by atoms with Crippen LogP contribution in [0.4, 0.5) is 0 Å². The van der Waals surface area contributed by atoms with Crippen molar-refractivity contribution < 1.29 is 4.79 Å². The largest absolute Gasteiger partial charge is 0.355 e. The third-order valence-electron chi connectivity index (χ3n) is 3.10. The lowest BCUT2D eigenvalue weighted by Gasteiger charge is -2.14. The van der Waals surface area contributed by atoms with E-state index in [1.165, 1.54) is 16.0 Å². The van der Waals surface area contributed by atoms with Gasteiger partial charge in [-0.1, -0.05) is 24.1 Å². The molecular formula is C14H19NOS. The van der Waals surface area contributed by atoms with E-state index in [0.29, 0.717) is 0 Å². The number of carbonyl (C=O) groups is 1. The Morgan fingerprint density at radius 1 is 1.29 bits per heavy atom. The van der Waals surface area contributed by atoms with Crippen LogP contribution in [0, 0.1) is 13.8 Å². The molecule has 0 aliphatic carbocycles. The molecule has 0 spiro atoms. The lowest BCUT2D eigenvalue weighted by atomic mass is 10.2. The Bertz CT molecular complexity index is 417. The maximum absolute atomic E-state index is 11.9. The summed E-state index contributed by atoms with van der Waals surface area (Å²) < 4.78 is 0. The Kier molecular flexibility index (Phi) is 4.11. The topological polar surface area (TPSA) is 29.1 Å². The minimum absolute atomic E-state index is 0.0815. The quantitative estimate of drug-likeness (QED) is 0.872. The summed E-state index contributed by atoms with van der Waals surface area (Å²) in [6.07, 6.45) is 3.24. The third kappa shape index (κ3) is 3.25. The summed E-state index contributed by atoms with van der Waals surface area (Å²) in [7, 11) is 0. The van der Waals surface area contributed by atoms with Gasteiger partial charge in [0.25, 0.3) is 0 Å². The van der Waals surface area contributed by atoms with Crippen molar-refractivity contribution in [1.29, 1.82) is 0 Å². The highest BCUT2D eigenvalue weighted by Crippen LogP contribution is 2.31. The molecule has 1 amide bonds. The number of thioether (sulfide) groups is 1. The van der Waals surface area contributed by atoms with Gasteiger partial charge in [-0.3, -0.25) is 4.79 Å². The molecule has 0 bridgehead atoms. The van der Waals surface area contributed by atoms with E-state index in [-0.39, 0.29) is 11.2 Å². The molecule has 3 heteroatoms. The summed E-state index contributed by atoms with van der Waals surface area (Å²) in [5, 5.41) is 3.07. The van der Waals surface area contributed by atoms with Gasteiger partial charge in [-0.2, -0.15) is 0 Å². The Morgan fingerprint density at radius 2 is 2.12 bits per heavy atom. The van der Waals surface area contributed by atoms with E-state index in [0.717, 1.165) is 25.8 Å². The van der Waals surface area contributed by atoms with Crippen LogP contribution in [0.2, 0.25) is 0 Å². The third-order valence-corrected chi connectivity index (χ3v) is 4.53. The summed E-state index contributed by atoms with van der Waals surface area (Å²) in [6.45, 7) is 5.04. The predicted octanol–water partition coefficient (Wildman–Crippen LogP) is 3.06. The van der Waals surface area contributed by atoms with Crippen molar-refractivity contribution >= 4 is 17.7 Å². The molecule has 1 aliphatic rings. The summed E-state index contributed by atoms with van der Waals surface area (Å²) in [5.74, 6) is 0.202. The van der Waals surface area contributed by atoms with Gasteiger partial charge in [-0.05, 0) is 38.3 Å². The van der Waals surface area contributed by atoms with E-state index in [9.17, 15) is 4.79 Å². The normalized spacial score (nSPS) is 20.8. The van der Waals surface area contributed by atoms with Crippen molar-refractivity contribution in [2.45, 2.75) is 43.3 Å². The molecule has 2 nitrogen and oxygen atoms in total. The number of rotatable bonds is 2. The van der Waals surface area contributed by atoms with Crippen LogP contribution in [-0.4, -0.2) is 17.7 Å². The molecule has 2 rings (SSSR count).